The van der Waals surface area contributed by atoms with Crippen LogP contribution in [0.1, 0.15) is 39.1 Å². The van der Waals surface area contributed by atoms with Gasteiger partial charge in [-0.25, -0.2) is 8.78 Å². The average molecular weight is 749 g/mol. The van der Waals surface area contributed by atoms with Crippen LogP contribution in [0.15, 0.2) is 63.5 Å². The molecule has 0 unspecified atom stereocenters. The zero-order valence-electron chi connectivity index (χ0n) is 20.8. The third-order valence-corrected chi connectivity index (χ3v) is 7.95. The Morgan fingerprint density at radius 1 is 0.905 bits per heavy atom. The number of carbonyl (C=O) groups is 2. The first-order valence-corrected chi connectivity index (χ1v) is 13.9. The van der Waals surface area contributed by atoms with Crippen LogP contribution in [-0.2, 0) is 5.67 Å². The van der Waals surface area contributed by atoms with Crippen molar-refractivity contribution in [2.45, 2.75) is 30.9 Å². The van der Waals surface area contributed by atoms with Crippen molar-refractivity contribution >= 4 is 66.6 Å². The van der Waals surface area contributed by atoms with Crippen LogP contribution in [0.4, 0.5) is 46.5 Å². The van der Waals surface area contributed by atoms with Gasteiger partial charge in [-0.15, -0.1) is 0 Å². The van der Waals surface area contributed by atoms with E-state index in [4.69, 9.17) is 11.6 Å². The number of nitrogens with zero attached hydrogens (tertiary/aromatic N) is 1. The molecule has 224 valence electrons. The number of rotatable bonds is 7. The summed E-state index contributed by atoms with van der Waals surface area (Å²) in [6, 6.07) is 10.0. The Morgan fingerprint density at radius 2 is 1.45 bits per heavy atom. The Bertz CT molecular complexity index is 1490. The van der Waals surface area contributed by atoms with E-state index in [-0.39, 0.29) is 35.8 Å². The van der Waals surface area contributed by atoms with E-state index in [2.05, 4.69) is 37.2 Å². The van der Waals surface area contributed by atoms with E-state index in [0.717, 1.165) is 18.9 Å². The molecule has 1 aliphatic carbocycles. The molecule has 1 N–H and O–H groups in total. The lowest BCUT2D eigenvalue weighted by Crippen LogP contribution is -2.50. The largest absolute Gasteiger partial charge is 0.435 e. The van der Waals surface area contributed by atoms with Gasteiger partial charge < -0.3 is 10.2 Å². The van der Waals surface area contributed by atoms with E-state index in [1.807, 2.05) is 0 Å². The van der Waals surface area contributed by atoms with Crippen LogP contribution in [-0.4, -0.2) is 30.7 Å². The van der Waals surface area contributed by atoms with E-state index < -0.39 is 61.4 Å². The van der Waals surface area contributed by atoms with Crippen molar-refractivity contribution in [3.63, 3.8) is 0 Å². The van der Waals surface area contributed by atoms with Gasteiger partial charge in [-0.1, -0.05) is 17.7 Å². The predicted molar refractivity (Wildman–Crippen MR) is 147 cm³/mol. The highest BCUT2D eigenvalue weighted by Crippen LogP contribution is 2.54. The summed E-state index contributed by atoms with van der Waals surface area (Å²) in [5.41, 5.74) is -8.50. The van der Waals surface area contributed by atoms with Crippen molar-refractivity contribution in [1.82, 2.24) is 0 Å². The van der Waals surface area contributed by atoms with Crippen molar-refractivity contribution in [3.8, 4) is 0 Å². The summed E-state index contributed by atoms with van der Waals surface area (Å²) in [5, 5.41) is 2.58. The zero-order valence-corrected chi connectivity index (χ0v) is 24.7. The smallest absolute Gasteiger partial charge is 0.320 e. The Morgan fingerprint density at radius 3 is 1.95 bits per heavy atom. The molecule has 0 bridgehead atoms. The number of alkyl halides is 7. The summed E-state index contributed by atoms with van der Waals surface area (Å²) in [6.07, 6.45) is -11.1. The molecule has 0 aromatic heterocycles. The van der Waals surface area contributed by atoms with Crippen molar-refractivity contribution < 1.29 is 44.7 Å². The van der Waals surface area contributed by atoms with Gasteiger partial charge in [0.1, 0.15) is 0 Å². The Kier molecular flexibility index (Phi) is 9.02. The second-order valence-corrected chi connectivity index (χ2v) is 11.6. The SMILES string of the molecule is O=C(Nc1c(Br)cc(C(F)(C(F)(F)F)C(F)(F)F)cc1Br)c1cccc(N(CC2CC2)C(=O)c2ccc(Cl)cc2)c1F. The van der Waals surface area contributed by atoms with E-state index in [1.54, 1.807) is 0 Å². The van der Waals surface area contributed by atoms with Crippen LogP contribution < -0.4 is 10.2 Å². The van der Waals surface area contributed by atoms with Crippen LogP contribution in [0.2, 0.25) is 5.02 Å². The minimum Gasteiger partial charge on any atom is -0.320 e. The summed E-state index contributed by atoms with van der Waals surface area (Å²) >= 11 is 11.4. The molecule has 3 aromatic carbocycles. The van der Waals surface area contributed by atoms with Crippen molar-refractivity contribution in [3.05, 3.63) is 91.1 Å². The van der Waals surface area contributed by atoms with Crippen LogP contribution >= 0.6 is 43.5 Å². The molecule has 0 heterocycles. The number of hydrogen-bond acceptors (Lipinski definition) is 2. The molecule has 0 aliphatic heterocycles. The van der Waals surface area contributed by atoms with Gasteiger partial charge in [-0.2, -0.15) is 26.3 Å². The van der Waals surface area contributed by atoms with Gasteiger partial charge >= 0.3 is 18.0 Å². The lowest BCUT2D eigenvalue weighted by atomic mass is 9.94. The Balaban J connectivity index is 1.68. The van der Waals surface area contributed by atoms with Crippen LogP contribution in [0.5, 0.6) is 0 Å². The number of halogens is 11. The maximum atomic E-state index is 15.8. The maximum Gasteiger partial charge on any atom is 0.435 e. The molecule has 0 saturated heterocycles. The van der Waals surface area contributed by atoms with E-state index >= 15 is 4.39 Å². The fraction of sp³-hybridized carbons (Fsp3) is 0.259. The third kappa shape index (κ3) is 6.30. The van der Waals surface area contributed by atoms with Crippen LogP contribution in [0, 0.1) is 11.7 Å². The van der Waals surface area contributed by atoms with Gasteiger partial charge in [-0.05, 0) is 99.2 Å². The minimum atomic E-state index is -6.35. The molecule has 4 nitrogen and oxygen atoms in total. The first-order chi connectivity index (χ1) is 19.5. The molecule has 4 rings (SSSR count). The second-order valence-electron chi connectivity index (χ2n) is 9.43. The molecule has 3 aromatic rings. The highest BCUT2D eigenvalue weighted by atomic mass is 79.9. The molecule has 1 fully saturated rings. The van der Waals surface area contributed by atoms with Crippen LogP contribution in [0.25, 0.3) is 0 Å². The van der Waals surface area contributed by atoms with Gasteiger partial charge in [0.05, 0.1) is 16.9 Å². The third-order valence-electron chi connectivity index (χ3n) is 6.45. The van der Waals surface area contributed by atoms with E-state index in [9.17, 15) is 40.3 Å². The summed E-state index contributed by atoms with van der Waals surface area (Å²) in [5.74, 6) is -2.69. The number of benzene rings is 3. The van der Waals surface area contributed by atoms with Gasteiger partial charge in [0.15, 0.2) is 5.82 Å². The highest BCUT2D eigenvalue weighted by molar-refractivity contribution is 9.11. The maximum absolute atomic E-state index is 15.8. The fourth-order valence-corrected chi connectivity index (χ4v) is 5.57. The normalized spacial score (nSPS) is 14.1. The molecular weight excluding hydrogens is 732 g/mol. The van der Waals surface area contributed by atoms with E-state index in [0.29, 0.717) is 5.02 Å². The quantitative estimate of drug-likeness (QED) is 0.245. The molecule has 15 heteroatoms. The highest BCUT2D eigenvalue weighted by Gasteiger charge is 2.73. The number of amides is 2. The second kappa shape index (κ2) is 11.8. The molecule has 1 saturated carbocycles. The average Bonchev–Trinajstić information content (AvgIpc) is 3.72. The Labute approximate surface area is 255 Å². The van der Waals surface area contributed by atoms with Gasteiger partial charge in [-0.3, -0.25) is 9.59 Å². The van der Waals surface area contributed by atoms with Crippen molar-refractivity contribution in [1.29, 1.82) is 0 Å². The summed E-state index contributed by atoms with van der Waals surface area (Å²) in [4.78, 5) is 27.6. The van der Waals surface area contributed by atoms with Crippen molar-refractivity contribution in [2.75, 3.05) is 16.8 Å². The Hall–Kier alpha value is -2.71. The fourth-order valence-electron chi connectivity index (χ4n) is 4.06. The first kappa shape index (κ1) is 32.2. The topological polar surface area (TPSA) is 49.4 Å². The lowest BCUT2D eigenvalue weighted by molar-refractivity contribution is -0.348. The summed E-state index contributed by atoms with van der Waals surface area (Å²) < 4.78 is 109. The lowest BCUT2D eigenvalue weighted by Gasteiger charge is -2.31. The molecule has 0 spiro atoms. The van der Waals surface area contributed by atoms with Gasteiger partial charge in [0.25, 0.3) is 11.8 Å². The molecule has 42 heavy (non-hydrogen) atoms. The van der Waals surface area contributed by atoms with Crippen LogP contribution in [0.3, 0.4) is 0 Å². The number of carbonyl (C=O) groups excluding carboxylic acids is 2. The summed E-state index contributed by atoms with van der Waals surface area (Å²) in [6.45, 7) is 0.158. The predicted octanol–water partition coefficient (Wildman–Crippen LogP) is 9.60. The number of nitrogens with one attached hydrogen (secondary N) is 1. The van der Waals surface area contributed by atoms with Gasteiger partial charge in [0, 0.05) is 31.6 Å². The molecular formula is C27H17Br2ClF8N2O2. The summed E-state index contributed by atoms with van der Waals surface area (Å²) in [7, 11) is 0. The van der Waals surface area contributed by atoms with E-state index in [1.165, 1.54) is 41.3 Å². The molecule has 0 radical (unpaired) electrons. The van der Waals surface area contributed by atoms with Gasteiger partial charge in [0.2, 0.25) is 0 Å². The van der Waals surface area contributed by atoms with Crippen molar-refractivity contribution in [2.24, 2.45) is 5.92 Å². The standard InChI is InChI=1S/C27H17Br2ClF8N2O2/c28-18-10-15(25(32,26(33,34)35)27(36,37)38)11-19(29)22(18)39-23(41)17-2-1-3-20(21(17)31)40(12-13-4-5-13)24(42)14-6-8-16(30)9-7-14/h1-3,6-11,13H,4-5,12H2,(H,39,41). The zero-order chi connectivity index (χ0) is 31.2. The molecule has 2 amide bonds. The monoisotopic (exact) mass is 746 g/mol. The number of anilines is 2. The molecule has 0 atom stereocenters. The minimum absolute atomic E-state index is 0.111. The first-order valence-electron chi connectivity index (χ1n) is 11.9. The molecule has 1 aliphatic rings. The number of hydrogen-bond donors (Lipinski definition) is 1.